The van der Waals surface area contributed by atoms with Gasteiger partial charge in [-0.25, -0.2) is 14.3 Å². The number of nitriles is 1. The first kappa shape index (κ1) is 18.6. The molecule has 0 radical (unpaired) electrons. The second-order valence-corrected chi connectivity index (χ2v) is 7.57. The molecule has 4 rings (SSSR count). The largest absolute Gasteiger partial charge is 0.365 e. The standard InChI is InChI=1S/C21H22ClN5O/c1-4-15(5-2)25-8-9-26-19-18(25)10-13(3)24-20(19)27(21(26)28)17-7-6-14(12-23)11-16(17)22/h6-7,10-11,15H,4-5,8-9H2,1-3H3. The van der Waals surface area contributed by atoms with Crippen LogP contribution in [0.25, 0.3) is 16.9 Å². The van der Waals surface area contributed by atoms with E-state index in [1.807, 2.05) is 6.92 Å². The van der Waals surface area contributed by atoms with Crippen molar-refractivity contribution in [1.82, 2.24) is 14.1 Å². The minimum atomic E-state index is -0.148. The van der Waals surface area contributed by atoms with E-state index in [4.69, 9.17) is 21.8 Å². The Morgan fingerprint density at radius 1 is 1.21 bits per heavy atom. The number of rotatable bonds is 4. The predicted octanol–water partition coefficient (Wildman–Crippen LogP) is 4.03. The van der Waals surface area contributed by atoms with Gasteiger partial charge in [0.05, 0.1) is 28.0 Å². The molecule has 7 heteroatoms. The Labute approximate surface area is 168 Å². The zero-order chi connectivity index (χ0) is 20.0. The Bertz CT molecular complexity index is 1170. The summed E-state index contributed by atoms with van der Waals surface area (Å²) in [7, 11) is 0. The van der Waals surface area contributed by atoms with Gasteiger partial charge in [-0.05, 0) is 44.0 Å². The van der Waals surface area contributed by atoms with E-state index in [9.17, 15) is 4.79 Å². The van der Waals surface area contributed by atoms with Crippen molar-refractivity contribution < 1.29 is 0 Å². The van der Waals surface area contributed by atoms with E-state index < -0.39 is 0 Å². The summed E-state index contributed by atoms with van der Waals surface area (Å²) >= 11 is 6.43. The van der Waals surface area contributed by atoms with Crippen molar-refractivity contribution in [3.05, 3.63) is 51.0 Å². The molecule has 0 unspecified atom stereocenters. The van der Waals surface area contributed by atoms with Crippen LogP contribution in [0, 0.1) is 18.3 Å². The number of pyridine rings is 1. The first-order valence-electron chi connectivity index (χ1n) is 9.59. The molecule has 3 aromatic rings. The van der Waals surface area contributed by atoms with Gasteiger partial charge in [-0.15, -0.1) is 0 Å². The minimum absolute atomic E-state index is 0.148. The highest BCUT2D eigenvalue weighted by molar-refractivity contribution is 6.32. The summed E-state index contributed by atoms with van der Waals surface area (Å²) in [6.45, 7) is 7.75. The summed E-state index contributed by atoms with van der Waals surface area (Å²) < 4.78 is 3.37. The molecule has 3 heterocycles. The molecule has 1 aromatic carbocycles. The Morgan fingerprint density at radius 2 is 1.96 bits per heavy atom. The molecule has 0 saturated carbocycles. The SMILES string of the molecule is CCC(CC)N1CCn2c(=O)n(-c3ccc(C#N)cc3Cl)c3nc(C)cc1c32. The Kier molecular flexibility index (Phi) is 4.64. The van der Waals surface area contributed by atoms with Gasteiger partial charge in [0.1, 0.15) is 5.52 Å². The van der Waals surface area contributed by atoms with Gasteiger partial charge in [0.2, 0.25) is 0 Å². The second kappa shape index (κ2) is 6.99. The van der Waals surface area contributed by atoms with Crippen molar-refractivity contribution in [2.45, 2.75) is 46.2 Å². The third-order valence-corrected chi connectivity index (χ3v) is 5.86. The fraction of sp³-hybridized carbons (Fsp3) is 0.381. The highest BCUT2D eigenvalue weighted by atomic mass is 35.5. The van der Waals surface area contributed by atoms with Crippen LogP contribution in [0.1, 0.15) is 37.9 Å². The minimum Gasteiger partial charge on any atom is -0.365 e. The van der Waals surface area contributed by atoms with E-state index in [2.05, 4.69) is 30.9 Å². The monoisotopic (exact) mass is 395 g/mol. The number of nitrogens with zero attached hydrogens (tertiary/aromatic N) is 5. The average molecular weight is 396 g/mol. The topological polar surface area (TPSA) is 66.8 Å². The van der Waals surface area contributed by atoms with Crippen LogP contribution in [-0.2, 0) is 6.54 Å². The van der Waals surface area contributed by atoms with E-state index in [0.717, 1.165) is 36.3 Å². The number of hydrogen-bond donors (Lipinski definition) is 0. The van der Waals surface area contributed by atoms with E-state index in [-0.39, 0.29) is 5.69 Å². The molecule has 1 aliphatic heterocycles. The lowest BCUT2D eigenvalue weighted by Gasteiger charge is -2.36. The lowest BCUT2D eigenvalue weighted by Crippen LogP contribution is -2.41. The third kappa shape index (κ3) is 2.70. The molecule has 0 amide bonds. The van der Waals surface area contributed by atoms with Crippen LogP contribution in [0.5, 0.6) is 0 Å². The summed E-state index contributed by atoms with van der Waals surface area (Å²) in [4.78, 5) is 20.4. The van der Waals surface area contributed by atoms with E-state index >= 15 is 0 Å². The van der Waals surface area contributed by atoms with Gasteiger partial charge in [-0.3, -0.25) is 4.57 Å². The zero-order valence-corrected chi connectivity index (χ0v) is 17.0. The van der Waals surface area contributed by atoms with Gasteiger partial charge in [0.25, 0.3) is 0 Å². The molecule has 144 valence electrons. The van der Waals surface area contributed by atoms with Crippen LogP contribution < -0.4 is 10.6 Å². The lowest BCUT2D eigenvalue weighted by molar-refractivity contribution is 0.518. The summed E-state index contributed by atoms with van der Waals surface area (Å²) in [6, 6.07) is 9.54. The molecule has 0 atom stereocenters. The molecule has 0 aliphatic carbocycles. The molecular formula is C21H22ClN5O. The van der Waals surface area contributed by atoms with E-state index in [1.54, 1.807) is 27.3 Å². The average Bonchev–Trinajstić information content (AvgIpc) is 2.96. The Balaban J connectivity index is 2.03. The number of anilines is 1. The maximum atomic E-state index is 13.3. The second-order valence-electron chi connectivity index (χ2n) is 7.17. The predicted molar refractivity (Wildman–Crippen MR) is 112 cm³/mol. The lowest BCUT2D eigenvalue weighted by atomic mass is 10.1. The van der Waals surface area contributed by atoms with Crippen molar-refractivity contribution in [2.75, 3.05) is 11.4 Å². The number of aromatic nitrogens is 3. The maximum absolute atomic E-state index is 13.3. The highest BCUT2D eigenvalue weighted by Crippen LogP contribution is 2.34. The molecule has 0 spiro atoms. The molecule has 2 aromatic heterocycles. The first-order valence-corrected chi connectivity index (χ1v) is 9.97. The van der Waals surface area contributed by atoms with Gasteiger partial charge in [-0.1, -0.05) is 25.4 Å². The fourth-order valence-electron chi connectivity index (χ4n) is 4.19. The van der Waals surface area contributed by atoms with Gasteiger partial charge >= 0.3 is 5.69 Å². The van der Waals surface area contributed by atoms with Crippen molar-refractivity contribution in [3.8, 4) is 11.8 Å². The van der Waals surface area contributed by atoms with Gasteiger partial charge < -0.3 is 4.90 Å². The van der Waals surface area contributed by atoms with Crippen LogP contribution >= 0.6 is 11.6 Å². The van der Waals surface area contributed by atoms with Crippen molar-refractivity contribution in [1.29, 1.82) is 5.26 Å². The quantitative estimate of drug-likeness (QED) is 0.668. The van der Waals surface area contributed by atoms with Crippen LogP contribution in [0.3, 0.4) is 0 Å². The van der Waals surface area contributed by atoms with Crippen molar-refractivity contribution >= 4 is 28.5 Å². The number of halogens is 1. The number of hydrogen-bond acceptors (Lipinski definition) is 4. The molecule has 28 heavy (non-hydrogen) atoms. The molecule has 1 aliphatic rings. The van der Waals surface area contributed by atoms with Crippen LogP contribution in [-0.4, -0.2) is 26.7 Å². The molecule has 0 saturated heterocycles. The van der Waals surface area contributed by atoms with Crippen LogP contribution in [0.15, 0.2) is 29.1 Å². The van der Waals surface area contributed by atoms with Gasteiger partial charge in [0.15, 0.2) is 5.65 Å². The number of aryl methyl sites for hydroxylation is 1. The number of benzene rings is 1. The summed E-state index contributed by atoms with van der Waals surface area (Å²) in [5.41, 5.74) is 4.25. The zero-order valence-electron chi connectivity index (χ0n) is 16.2. The van der Waals surface area contributed by atoms with Crippen molar-refractivity contribution in [2.24, 2.45) is 0 Å². The Morgan fingerprint density at radius 3 is 2.61 bits per heavy atom. The first-order chi connectivity index (χ1) is 13.5. The number of imidazole rings is 1. The fourth-order valence-corrected chi connectivity index (χ4v) is 4.46. The molecule has 6 nitrogen and oxygen atoms in total. The molecule has 0 bridgehead atoms. The molecule has 0 fully saturated rings. The van der Waals surface area contributed by atoms with Gasteiger partial charge in [0, 0.05) is 24.8 Å². The van der Waals surface area contributed by atoms with E-state index in [1.165, 1.54) is 0 Å². The van der Waals surface area contributed by atoms with Crippen molar-refractivity contribution in [3.63, 3.8) is 0 Å². The smallest absolute Gasteiger partial charge is 0.335 e. The van der Waals surface area contributed by atoms with E-state index in [0.29, 0.717) is 34.5 Å². The summed E-state index contributed by atoms with van der Waals surface area (Å²) in [5, 5.41) is 9.46. The van der Waals surface area contributed by atoms with Crippen LogP contribution in [0.4, 0.5) is 5.69 Å². The van der Waals surface area contributed by atoms with Gasteiger partial charge in [-0.2, -0.15) is 5.26 Å². The summed E-state index contributed by atoms with van der Waals surface area (Å²) in [6.07, 6.45) is 2.09. The maximum Gasteiger partial charge on any atom is 0.335 e. The molecular weight excluding hydrogens is 374 g/mol. The highest BCUT2D eigenvalue weighted by Gasteiger charge is 2.29. The summed E-state index contributed by atoms with van der Waals surface area (Å²) in [5.74, 6) is 0. The normalized spacial score (nSPS) is 13.4. The van der Waals surface area contributed by atoms with Crippen LogP contribution in [0.2, 0.25) is 5.02 Å². The molecule has 0 N–H and O–H groups in total. The Hall–Kier alpha value is -2.78. The third-order valence-electron chi connectivity index (χ3n) is 5.56.